The lowest BCUT2D eigenvalue weighted by Gasteiger charge is -2.34. The van der Waals surface area contributed by atoms with Crippen LogP contribution in [0.25, 0.3) is 5.57 Å². The molecule has 3 rings (SSSR count). The number of rotatable bonds is 3. The van der Waals surface area contributed by atoms with Crippen molar-refractivity contribution in [2.45, 2.75) is 59.0 Å². The molecule has 1 atom stereocenters. The summed E-state index contributed by atoms with van der Waals surface area (Å²) in [4.78, 5) is 2.47. The summed E-state index contributed by atoms with van der Waals surface area (Å²) in [6.07, 6.45) is 8.63. The summed E-state index contributed by atoms with van der Waals surface area (Å²) in [7, 11) is 1.82. The van der Waals surface area contributed by atoms with E-state index in [2.05, 4.69) is 49.9 Å². The molecule has 1 unspecified atom stereocenters. The van der Waals surface area contributed by atoms with Gasteiger partial charge in [-0.15, -0.1) is 0 Å². The van der Waals surface area contributed by atoms with Gasteiger partial charge < -0.3 is 15.4 Å². The molecule has 1 saturated heterocycles. The predicted octanol–water partition coefficient (Wildman–Crippen LogP) is 5.11. The van der Waals surface area contributed by atoms with Crippen molar-refractivity contribution in [2.24, 2.45) is 11.3 Å². The number of nitrogen functional groups attached to an aromatic ring is 1. The number of nitrogens with two attached hydrogens (primary N) is 1. The van der Waals surface area contributed by atoms with Crippen LogP contribution in [0.3, 0.4) is 0 Å². The largest absolute Gasteiger partial charge is 0.398 e. The Morgan fingerprint density at radius 1 is 1.12 bits per heavy atom. The predicted molar refractivity (Wildman–Crippen MR) is 108 cm³/mol. The molecule has 1 aliphatic heterocycles. The van der Waals surface area contributed by atoms with Crippen LogP contribution in [0, 0.1) is 11.3 Å². The van der Waals surface area contributed by atoms with Crippen LogP contribution in [0.1, 0.15) is 58.4 Å². The minimum absolute atomic E-state index is 0.390. The van der Waals surface area contributed by atoms with E-state index in [1.54, 1.807) is 0 Å². The molecule has 1 aromatic rings. The van der Waals surface area contributed by atoms with E-state index in [0.717, 1.165) is 44.0 Å². The maximum absolute atomic E-state index is 6.33. The van der Waals surface area contributed by atoms with Crippen molar-refractivity contribution in [2.75, 3.05) is 30.8 Å². The summed E-state index contributed by atoms with van der Waals surface area (Å²) in [6.45, 7) is 9.19. The highest BCUT2D eigenvalue weighted by molar-refractivity contribution is 5.78. The van der Waals surface area contributed by atoms with Crippen molar-refractivity contribution in [1.82, 2.24) is 0 Å². The Balaban J connectivity index is 1.76. The van der Waals surface area contributed by atoms with E-state index in [-0.39, 0.29) is 0 Å². The fourth-order valence-electron chi connectivity index (χ4n) is 4.23. The van der Waals surface area contributed by atoms with Gasteiger partial charge in [-0.1, -0.05) is 26.8 Å². The Bertz CT molecular complexity index is 621. The Kier molecular flexibility index (Phi) is 5.43. The quantitative estimate of drug-likeness (QED) is 0.775. The SMILES string of the molecule is COC1CCN(c2ccc(N)c(C3=CCC(C(C)(C)C)CC3)c2)CC1. The molecule has 2 aliphatic rings. The third-order valence-electron chi connectivity index (χ3n) is 6.16. The van der Waals surface area contributed by atoms with E-state index >= 15 is 0 Å². The maximum Gasteiger partial charge on any atom is 0.0605 e. The maximum atomic E-state index is 6.33. The highest BCUT2D eigenvalue weighted by Crippen LogP contribution is 2.41. The van der Waals surface area contributed by atoms with Gasteiger partial charge in [-0.2, -0.15) is 0 Å². The number of piperidine rings is 1. The molecule has 0 saturated carbocycles. The Labute approximate surface area is 153 Å². The molecule has 2 N–H and O–H groups in total. The number of ether oxygens (including phenoxy) is 1. The van der Waals surface area contributed by atoms with Crippen LogP contribution in [-0.2, 0) is 4.74 Å². The molecule has 3 heteroatoms. The minimum Gasteiger partial charge on any atom is -0.398 e. The first-order valence-electron chi connectivity index (χ1n) is 9.75. The summed E-state index contributed by atoms with van der Waals surface area (Å²) in [5.74, 6) is 0.772. The van der Waals surface area contributed by atoms with Crippen LogP contribution < -0.4 is 10.6 Å². The van der Waals surface area contributed by atoms with Crippen LogP contribution in [-0.4, -0.2) is 26.3 Å². The average molecular weight is 343 g/mol. The molecule has 0 amide bonds. The van der Waals surface area contributed by atoms with Crippen molar-refractivity contribution < 1.29 is 4.74 Å². The first kappa shape index (κ1) is 18.3. The number of allylic oxidation sites excluding steroid dienone is 2. The van der Waals surface area contributed by atoms with Crippen LogP contribution in [0.15, 0.2) is 24.3 Å². The second kappa shape index (κ2) is 7.41. The molecule has 1 heterocycles. The van der Waals surface area contributed by atoms with Gasteiger partial charge in [0.15, 0.2) is 0 Å². The zero-order valence-electron chi connectivity index (χ0n) is 16.3. The molecule has 0 bridgehead atoms. The summed E-state index contributed by atoms with van der Waals surface area (Å²) in [5, 5.41) is 0. The molecule has 138 valence electrons. The zero-order valence-corrected chi connectivity index (χ0v) is 16.3. The van der Waals surface area contributed by atoms with Crippen LogP contribution in [0.5, 0.6) is 0 Å². The summed E-state index contributed by atoms with van der Waals surface area (Å²) in [6, 6.07) is 6.57. The third-order valence-corrected chi connectivity index (χ3v) is 6.16. The number of anilines is 2. The topological polar surface area (TPSA) is 38.5 Å². The molecule has 0 spiro atoms. The van der Waals surface area contributed by atoms with E-state index in [9.17, 15) is 0 Å². The van der Waals surface area contributed by atoms with Gasteiger partial charge in [0, 0.05) is 37.1 Å². The number of hydrogen-bond donors (Lipinski definition) is 1. The number of methoxy groups -OCH3 is 1. The van der Waals surface area contributed by atoms with E-state index in [0.29, 0.717) is 11.5 Å². The van der Waals surface area contributed by atoms with Gasteiger partial charge >= 0.3 is 0 Å². The van der Waals surface area contributed by atoms with E-state index in [1.165, 1.54) is 29.7 Å². The Hall–Kier alpha value is -1.48. The summed E-state index contributed by atoms with van der Waals surface area (Å²) >= 11 is 0. The zero-order chi connectivity index (χ0) is 18.0. The fourth-order valence-corrected chi connectivity index (χ4v) is 4.23. The number of benzene rings is 1. The molecule has 3 nitrogen and oxygen atoms in total. The highest BCUT2D eigenvalue weighted by Gasteiger charge is 2.27. The molecule has 1 fully saturated rings. The lowest BCUT2D eigenvalue weighted by Crippen LogP contribution is -2.36. The van der Waals surface area contributed by atoms with Crippen molar-refractivity contribution in [3.8, 4) is 0 Å². The summed E-state index contributed by atoms with van der Waals surface area (Å²) in [5.41, 5.74) is 11.6. The molecular formula is C22H34N2O. The Morgan fingerprint density at radius 2 is 1.84 bits per heavy atom. The summed E-state index contributed by atoms with van der Waals surface area (Å²) < 4.78 is 5.49. The standard InChI is InChI=1S/C22H34N2O/c1-22(2,3)17-7-5-16(6-8-17)20-15-18(9-10-21(20)23)24-13-11-19(25-4)12-14-24/h5,9-10,15,17,19H,6-8,11-14,23H2,1-4H3. The monoisotopic (exact) mass is 342 g/mol. The molecule has 0 radical (unpaired) electrons. The van der Waals surface area contributed by atoms with E-state index in [4.69, 9.17) is 10.5 Å². The second-order valence-corrected chi connectivity index (χ2v) is 8.76. The smallest absolute Gasteiger partial charge is 0.0605 e. The third kappa shape index (κ3) is 4.20. The lowest BCUT2D eigenvalue weighted by molar-refractivity contribution is 0.0819. The normalized spacial score (nSPS) is 22.8. The molecule has 25 heavy (non-hydrogen) atoms. The van der Waals surface area contributed by atoms with Gasteiger partial charge in [0.25, 0.3) is 0 Å². The number of nitrogens with zero attached hydrogens (tertiary/aromatic N) is 1. The highest BCUT2D eigenvalue weighted by atomic mass is 16.5. The second-order valence-electron chi connectivity index (χ2n) is 8.76. The number of hydrogen-bond acceptors (Lipinski definition) is 3. The minimum atomic E-state index is 0.390. The van der Waals surface area contributed by atoms with Crippen LogP contribution in [0.4, 0.5) is 11.4 Å². The van der Waals surface area contributed by atoms with Crippen molar-refractivity contribution >= 4 is 16.9 Å². The first-order chi connectivity index (χ1) is 11.9. The van der Waals surface area contributed by atoms with Gasteiger partial charge in [0.2, 0.25) is 0 Å². The van der Waals surface area contributed by atoms with Crippen LogP contribution in [0.2, 0.25) is 0 Å². The van der Waals surface area contributed by atoms with Gasteiger partial charge in [-0.3, -0.25) is 0 Å². The van der Waals surface area contributed by atoms with E-state index < -0.39 is 0 Å². The van der Waals surface area contributed by atoms with Gasteiger partial charge in [0.05, 0.1) is 6.10 Å². The van der Waals surface area contributed by atoms with Crippen molar-refractivity contribution in [3.05, 3.63) is 29.8 Å². The lowest BCUT2D eigenvalue weighted by atomic mass is 9.72. The van der Waals surface area contributed by atoms with Gasteiger partial charge in [-0.05, 0) is 67.2 Å². The molecule has 1 aliphatic carbocycles. The van der Waals surface area contributed by atoms with Crippen molar-refractivity contribution in [3.63, 3.8) is 0 Å². The van der Waals surface area contributed by atoms with E-state index in [1.807, 2.05) is 7.11 Å². The molecule has 1 aromatic carbocycles. The molecule has 0 aromatic heterocycles. The average Bonchev–Trinajstić information content (AvgIpc) is 2.62. The van der Waals surface area contributed by atoms with Crippen LogP contribution >= 0.6 is 0 Å². The Morgan fingerprint density at radius 3 is 2.40 bits per heavy atom. The van der Waals surface area contributed by atoms with Crippen molar-refractivity contribution in [1.29, 1.82) is 0 Å². The van der Waals surface area contributed by atoms with Gasteiger partial charge in [0.1, 0.15) is 0 Å². The molecular weight excluding hydrogens is 308 g/mol. The van der Waals surface area contributed by atoms with Gasteiger partial charge in [-0.25, -0.2) is 0 Å². The fraction of sp³-hybridized carbons (Fsp3) is 0.636. The first-order valence-corrected chi connectivity index (χ1v) is 9.75.